The van der Waals surface area contributed by atoms with E-state index in [2.05, 4.69) is 31.8 Å². The van der Waals surface area contributed by atoms with Crippen molar-refractivity contribution in [1.82, 2.24) is 4.98 Å². The second-order valence-electron chi connectivity index (χ2n) is 10.7. The second-order valence-corrected chi connectivity index (χ2v) is 10.7. The summed E-state index contributed by atoms with van der Waals surface area (Å²) >= 11 is 0. The fraction of sp³-hybridized carbons (Fsp3) is 0.433. The number of aryl methyl sites for hydroxylation is 1. The van der Waals surface area contributed by atoms with Gasteiger partial charge < -0.3 is 9.47 Å². The normalized spacial score (nSPS) is 20.6. The summed E-state index contributed by atoms with van der Waals surface area (Å²) in [6, 6.07) is 11.4. The average molecular weight is 478 g/mol. The lowest BCUT2D eigenvalue weighted by atomic mass is 9.75. The third kappa shape index (κ3) is 4.41. The van der Waals surface area contributed by atoms with E-state index in [1.54, 1.807) is 12.1 Å². The molecule has 35 heavy (non-hydrogen) atoms. The molecule has 1 aromatic heterocycles. The number of aromatic nitrogens is 1. The van der Waals surface area contributed by atoms with Crippen LogP contribution in [0, 0.1) is 17.0 Å². The predicted octanol–water partition coefficient (Wildman–Crippen LogP) is 7.96. The van der Waals surface area contributed by atoms with Crippen LogP contribution in [0.1, 0.15) is 80.5 Å². The first-order chi connectivity index (χ1) is 16.8. The predicted molar refractivity (Wildman–Crippen MR) is 134 cm³/mol. The van der Waals surface area contributed by atoms with Crippen LogP contribution >= 0.6 is 0 Å². The van der Waals surface area contributed by atoms with Crippen molar-refractivity contribution in [2.24, 2.45) is 5.41 Å². The Morgan fingerprint density at radius 3 is 2.63 bits per heavy atom. The van der Waals surface area contributed by atoms with E-state index in [0.29, 0.717) is 17.2 Å². The smallest absolute Gasteiger partial charge is 0.213 e. The first kappa shape index (κ1) is 23.8. The Bertz CT molecular complexity index is 1250. The minimum absolute atomic E-state index is 0.101. The van der Waals surface area contributed by atoms with Crippen LogP contribution in [0.2, 0.25) is 0 Å². The molecule has 0 saturated heterocycles. The van der Waals surface area contributed by atoms with Crippen molar-refractivity contribution in [2.45, 2.75) is 71.3 Å². The summed E-state index contributed by atoms with van der Waals surface area (Å²) in [7, 11) is 1.53. The Labute approximate surface area is 206 Å². The maximum absolute atomic E-state index is 15.2. The van der Waals surface area contributed by atoms with Gasteiger partial charge in [-0.1, -0.05) is 51.5 Å². The van der Waals surface area contributed by atoms with Crippen LogP contribution < -0.4 is 9.47 Å². The van der Waals surface area contributed by atoms with Crippen LogP contribution in [0.3, 0.4) is 0 Å². The van der Waals surface area contributed by atoms with Gasteiger partial charge in [-0.2, -0.15) is 0 Å². The zero-order valence-electron chi connectivity index (χ0n) is 21.0. The highest BCUT2D eigenvalue weighted by Gasteiger charge is 2.37. The van der Waals surface area contributed by atoms with Crippen LogP contribution in [-0.4, -0.2) is 12.1 Å². The van der Waals surface area contributed by atoms with Crippen molar-refractivity contribution < 1.29 is 18.3 Å². The fourth-order valence-corrected chi connectivity index (χ4v) is 6.03. The third-order valence-electron chi connectivity index (χ3n) is 8.05. The lowest BCUT2D eigenvalue weighted by molar-refractivity contribution is 0.288. The molecule has 0 spiro atoms. The second kappa shape index (κ2) is 9.25. The minimum Gasteiger partial charge on any atom is -0.486 e. The monoisotopic (exact) mass is 477 g/mol. The Kier molecular flexibility index (Phi) is 6.29. The van der Waals surface area contributed by atoms with Crippen molar-refractivity contribution >= 4 is 0 Å². The van der Waals surface area contributed by atoms with Gasteiger partial charge in [-0.15, -0.1) is 0 Å². The van der Waals surface area contributed by atoms with Gasteiger partial charge in [0, 0.05) is 11.6 Å². The van der Waals surface area contributed by atoms with Crippen molar-refractivity contribution in [3.05, 3.63) is 76.5 Å². The van der Waals surface area contributed by atoms with E-state index >= 15 is 4.39 Å². The topological polar surface area (TPSA) is 31.4 Å². The highest BCUT2D eigenvalue weighted by Crippen LogP contribution is 2.51. The highest BCUT2D eigenvalue weighted by molar-refractivity contribution is 5.70. The number of fused-ring (bicyclic) bond motifs is 1. The van der Waals surface area contributed by atoms with Crippen molar-refractivity contribution in [2.75, 3.05) is 7.11 Å². The molecular weight excluding hydrogens is 444 g/mol. The number of methoxy groups -OCH3 is 1. The first-order valence-electron chi connectivity index (χ1n) is 12.6. The molecule has 3 nitrogen and oxygen atoms in total. The molecule has 184 valence electrons. The van der Waals surface area contributed by atoms with Gasteiger partial charge in [0.2, 0.25) is 5.88 Å². The molecule has 1 fully saturated rings. The van der Waals surface area contributed by atoms with Crippen LogP contribution in [0.5, 0.6) is 11.6 Å². The number of pyridine rings is 1. The first-order valence-corrected chi connectivity index (χ1v) is 12.6. The van der Waals surface area contributed by atoms with E-state index in [1.165, 1.54) is 13.3 Å². The molecule has 1 heterocycles. The molecule has 0 N–H and O–H groups in total. The van der Waals surface area contributed by atoms with Crippen LogP contribution in [0.25, 0.3) is 11.1 Å². The average Bonchev–Trinajstić information content (AvgIpc) is 3.40. The number of hydrogen-bond donors (Lipinski definition) is 0. The zero-order chi connectivity index (χ0) is 24.7. The molecule has 0 amide bonds. The molecular formula is C30H33F2NO2. The van der Waals surface area contributed by atoms with E-state index in [0.717, 1.165) is 59.9 Å². The van der Waals surface area contributed by atoms with Crippen molar-refractivity contribution in [3.8, 4) is 22.8 Å². The summed E-state index contributed by atoms with van der Waals surface area (Å²) in [4.78, 5) is 4.00. The highest BCUT2D eigenvalue weighted by atomic mass is 19.1. The number of hydrogen-bond acceptors (Lipinski definition) is 3. The number of benzene rings is 2. The third-order valence-corrected chi connectivity index (χ3v) is 8.05. The van der Waals surface area contributed by atoms with E-state index < -0.39 is 0 Å². The zero-order valence-corrected chi connectivity index (χ0v) is 21.0. The van der Waals surface area contributed by atoms with Gasteiger partial charge in [-0.3, -0.25) is 0 Å². The lowest BCUT2D eigenvalue weighted by Gasteiger charge is -2.30. The summed E-state index contributed by atoms with van der Waals surface area (Å²) in [6.07, 6.45) is 6.43. The summed E-state index contributed by atoms with van der Waals surface area (Å²) in [6.45, 7) is 6.89. The van der Waals surface area contributed by atoms with E-state index in [-0.39, 0.29) is 35.5 Å². The van der Waals surface area contributed by atoms with Crippen LogP contribution in [-0.2, 0) is 13.0 Å². The molecule has 2 unspecified atom stereocenters. The maximum atomic E-state index is 15.2. The molecule has 5 heteroatoms. The summed E-state index contributed by atoms with van der Waals surface area (Å²) in [5.41, 5.74) is 5.37. The molecule has 3 aromatic rings. The van der Waals surface area contributed by atoms with Crippen LogP contribution in [0.15, 0.2) is 42.6 Å². The molecule has 0 aliphatic heterocycles. The fourth-order valence-electron chi connectivity index (χ4n) is 6.03. The summed E-state index contributed by atoms with van der Waals surface area (Å²) in [5.74, 6) is 0.583. The number of nitrogens with zero attached hydrogens (tertiary/aromatic N) is 1. The summed E-state index contributed by atoms with van der Waals surface area (Å²) < 4.78 is 41.4. The number of ether oxygens (including phenoxy) is 2. The molecule has 2 atom stereocenters. The SMILES string of the molecule is COc1cc(-c2ccc(COc3ccc4c(c3F)C(C)CC4)cc2C2CCCC2(C)C)c(F)cn1. The standard InChI is InChI=1S/C30H33F2NO2/c1-18-7-9-20-10-12-26(29(32)28(18)20)35-17-19-8-11-21(23-15-27(34-4)33-16-25(23)31)22(14-19)24-6-5-13-30(24,2)3/h8,10-12,14-16,18,24H,5-7,9,13,17H2,1-4H3. The Balaban J connectivity index is 1.50. The van der Waals surface area contributed by atoms with E-state index in [1.807, 2.05) is 18.2 Å². The minimum atomic E-state index is -0.374. The van der Waals surface area contributed by atoms with Crippen molar-refractivity contribution in [3.63, 3.8) is 0 Å². The van der Waals surface area contributed by atoms with Crippen molar-refractivity contribution in [1.29, 1.82) is 0 Å². The van der Waals surface area contributed by atoms with Gasteiger partial charge in [-0.25, -0.2) is 13.8 Å². The van der Waals surface area contributed by atoms with E-state index in [4.69, 9.17) is 9.47 Å². The molecule has 1 saturated carbocycles. The van der Waals surface area contributed by atoms with E-state index in [9.17, 15) is 4.39 Å². The largest absolute Gasteiger partial charge is 0.486 e. The van der Waals surface area contributed by atoms with Gasteiger partial charge in [-0.05, 0) is 76.8 Å². The van der Waals surface area contributed by atoms with Gasteiger partial charge in [0.1, 0.15) is 12.4 Å². The molecule has 2 aliphatic rings. The molecule has 0 radical (unpaired) electrons. The van der Waals surface area contributed by atoms with Gasteiger partial charge >= 0.3 is 0 Å². The molecule has 0 bridgehead atoms. The molecule has 2 aromatic carbocycles. The van der Waals surface area contributed by atoms with Gasteiger partial charge in [0.25, 0.3) is 0 Å². The lowest BCUT2D eigenvalue weighted by Crippen LogP contribution is -2.17. The quantitative estimate of drug-likeness (QED) is 0.361. The van der Waals surface area contributed by atoms with Gasteiger partial charge in [0.05, 0.1) is 13.3 Å². The van der Waals surface area contributed by atoms with Gasteiger partial charge in [0.15, 0.2) is 11.6 Å². The maximum Gasteiger partial charge on any atom is 0.213 e. The molecule has 5 rings (SSSR count). The Morgan fingerprint density at radius 1 is 1.06 bits per heavy atom. The Hall–Kier alpha value is -2.95. The Morgan fingerprint density at radius 2 is 1.89 bits per heavy atom. The number of halogens is 2. The van der Waals surface area contributed by atoms with Crippen LogP contribution in [0.4, 0.5) is 8.78 Å². The number of rotatable bonds is 6. The molecule has 2 aliphatic carbocycles. The summed E-state index contributed by atoms with van der Waals surface area (Å²) in [5, 5.41) is 0.